The Morgan fingerprint density at radius 3 is 2.95 bits per heavy atom. The summed E-state index contributed by atoms with van der Waals surface area (Å²) in [6.45, 7) is 3.60. The molecule has 1 aliphatic rings. The minimum atomic E-state index is -0.554. The highest BCUT2D eigenvalue weighted by atomic mass is 16.5. The fraction of sp³-hybridized carbons (Fsp3) is 0.500. The van der Waals surface area contributed by atoms with Crippen LogP contribution in [-0.4, -0.2) is 32.8 Å². The van der Waals surface area contributed by atoms with E-state index in [9.17, 15) is 4.79 Å². The lowest BCUT2D eigenvalue weighted by molar-refractivity contribution is -0.122. The zero-order chi connectivity index (χ0) is 13.8. The number of ether oxygens (including phenoxy) is 2. The molecule has 0 saturated heterocycles. The molecule has 2 atom stereocenters. The Morgan fingerprint density at radius 1 is 1.53 bits per heavy atom. The fourth-order valence-corrected chi connectivity index (χ4v) is 2.35. The fourth-order valence-electron chi connectivity index (χ4n) is 2.35. The highest BCUT2D eigenvalue weighted by Crippen LogP contribution is 2.36. The van der Waals surface area contributed by atoms with Crippen LogP contribution < -0.4 is 10.6 Å². The lowest BCUT2D eigenvalue weighted by Crippen LogP contribution is -2.45. The molecule has 0 saturated carbocycles. The van der Waals surface area contributed by atoms with Gasteiger partial charge >= 0.3 is 0 Å². The molecule has 1 heterocycles. The summed E-state index contributed by atoms with van der Waals surface area (Å²) in [5.41, 5.74) is 8.81. The Kier molecular flexibility index (Phi) is 4.52. The predicted octanol–water partition coefficient (Wildman–Crippen LogP) is 1.21. The molecule has 0 spiro atoms. The number of fused-ring (bicyclic) bond motifs is 1. The zero-order valence-corrected chi connectivity index (χ0v) is 11.3. The summed E-state index contributed by atoms with van der Waals surface area (Å²) in [5, 5.41) is 0. The van der Waals surface area contributed by atoms with E-state index in [1.54, 1.807) is 7.11 Å². The number of aldehydes is 1. The van der Waals surface area contributed by atoms with Gasteiger partial charge in [0.15, 0.2) is 12.5 Å². The molecule has 1 aliphatic heterocycles. The predicted molar refractivity (Wildman–Crippen MR) is 72.9 cm³/mol. The normalized spacial score (nSPS) is 22.2. The van der Waals surface area contributed by atoms with Crippen LogP contribution in [0.5, 0.6) is 0 Å². The molecule has 0 amide bonds. The van der Waals surface area contributed by atoms with E-state index in [-0.39, 0.29) is 6.10 Å². The van der Waals surface area contributed by atoms with Crippen LogP contribution in [0.25, 0.3) is 0 Å². The van der Waals surface area contributed by atoms with Crippen molar-refractivity contribution in [2.75, 3.05) is 25.2 Å². The van der Waals surface area contributed by atoms with Crippen LogP contribution in [0.1, 0.15) is 24.2 Å². The minimum Gasteiger partial charge on any atom is -0.383 e. The highest BCUT2D eigenvalue weighted by molar-refractivity contribution is 5.68. The first-order valence-electron chi connectivity index (χ1n) is 6.40. The number of carbonyl (C=O) groups is 1. The van der Waals surface area contributed by atoms with Gasteiger partial charge < -0.3 is 20.1 Å². The van der Waals surface area contributed by atoms with Crippen LogP contribution in [0, 0.1) is 0 Å². The van der Waals surface area contributed by atoms with Crippen LogP contribution in [0.4, 0.5) is 5.69 Å². The number of hydrogen-bond donors (Lipinski definition) is 1. The van der Waals surface area contributed by atoms with E-state index in [4.69, 9.17) is 15.2 Å². The lowest BCUT2D eigenvalue weighted by atomic mass is 10.0. The van der Waals surface area contributed by atoms with Crippen molar-refractivity contribution >= 4 is 12.0 Å². The van der Waals surface area contributed by atoms with Crippen LogP contribution in [-0.2, 0) is 20.8 Å². The molecule has 5 heteroatoms. The van der Waals surface area contributed by atoms with E-state index in [1.165, 1.54) is 0 Å². The van der Waals surface area contributed by atoms with Crippen molar-refractivity contribution in [1.29, 1.82) is 0 Å². The molecule has 2 N–H and O–H groups in total. The number of nitrogens with two attached hydrogens (primary N) is 1. The van der Waals surface area contributed by atoms with Crippen molar-refractivity contribution in [1.82, 2.24) is 0 Å². The monoisotopic (exact) mass is 264 g/mol. The van der Waals surface area contributed by atoms with Crippen molar-refractivity contribution in [2.45, 2.75) is 25.8 Å². The maximum atomic E-state index is 11.2. The third-order valence-corrected chi connectivity index (χ3v) is 3.38. The standard InChI is InChI=1S/C14H20N2O3/c1-10-12-7-11(8-15)3-4-13(12)16(5-6-18-2)14(9-17)19-10/h3-4,7,9-10,14H,5-6,8,15H2,1-2H3. The number of methoxy groups -OCH3 is 1. The lowest BCUT2D eigenvalue weighted by Gasteiger charge is -2.39. The van der Waals surface area contributed by atoms with Gasteiger partial charge in [0.1, 0.15) is 0 Å². The third kappa shape index (κ3) is 2.78. The zero-order valence-electron chi connectivity index (χ0n) is 11.3. The SMILES string of the molecule is COCCN1c2ccc(CN)cc2C(C)OC1C=O. The molecule has 1 aromatic rings. The van der Waals surface area contributed by atoms with Gasteiger partial charge in [-0.15, -0.1) is 0 Å². The van der Waals surface area contributed by atoms with Gasteiger partial charge in [-0.2, -0.15) is 0 Å². The Labute approximate surface area is 113 Å². The van der Waals surface area contributed by atoms with Gasteiger partial charge in [0.05, 0.1) is 12.7 Å². The molecular formula is C14H20N2O3. The van der Waals surface area contributed by atoms with Crippen LogP contribution >= 0.6 is 0 Å². The van der Waals surface area contributed by atoms with Gasteiger partial charge in [0.25, 0.3) is 0 Å². The van der Waals surface area contributed by atoms with E-state index < -0.39 is 6.23 Å². The summed E-state index contributed by atoms with van der Waals surface area (Å²) < 4.78 is 10.8. The van der Waals surface area contributed by atoms with Gasteiger partial charge in [-0.3, -0.25) is 4.79 Å². The smallest absolute Gasteiger partial charge is 0.187 e. The molecule has 2 rings (SSSR count). The van der Waals surface area contributed by atoms with Gasteiger partial charge in [-0.25, -0.2) is 0 Å². The Morgan fingerprint density at radius 2 is 2.32 bits per heavy atom. The second kappa shape index (κ2) is 6.14. The van der Waals surface area contributed by atoms with Crippen molar-refractivity contribution in [3.8, 4) is 0 Å². The summed E-state index contributed by atoms with van der Waals surface area (Å²) in [6, 6.07) is 6.03. The molecule has 104 valence electrons. The third-order valence-electron chi connectivity index (χ3n) is 3.38. The molecular weight excluding hydrogens is 244 g/mol. The summed E-state index contributed by atoms with van der Waals surface area (Å²) >= 11 is 0. The first-order chi connectivity index (χ1) is 9.21. The van der Waals surface area contributed by atoms with Crippen molar-refractivity contribution < 1.29 is 14.3 Å². The van der Waals surface area contributed by atoms with E-state index in [2.05, 4.69) is 0 Å². The number of nitrogens with zero attached hydrogens (tertiary/aromatic N) is 1. The van der Waals surface area contributed by atoms with Crippen molar-refractivity contribution in [3.63, 3.8) is 0 Å². The van der Waals surface area contributed by atoms with E-state index in [1.807, 2.05) is 30.0 Å². The van der Waals surface area contributed by atoms with E-state index in [0.29, 0.717) is 19.7 Å². The Balaban J connectivity index is 2.37. The number of benzene rings is 1. The summed E-state index contributed by atoms with van der Waals surface area (Å²) in [6.07, 6.45) is 0.156. The number of rotatable bonds is 5. The van der Waals surface area contributed by atoms with Crippen molar-refractivity contribution in [3.05, 3.63) is 29.3 Å². The van der Waals surface area contributed by atoms with E-state index >= 15 is 0 Å². The molecule has 0 bridgehead atoms. The summed E-state index contributed by atoms with van der Waals surface area (Å²) in [7, 11) is 1.64. The number of hydrogen-bond acceptors (Lipinski definition) is 5. The van der Waals surface area contributed by atoms with Crippen LogP contribution in [0.15, 0.2) is 18.2 Å². The molecule has 5 nitrogen and oxygen atoms in total. The first kappa shape index (κ1) is 14.0. The average molecular weight is 264 g/mol. The van der Waals surface area contributed by atoms with E-state index in [0.717, 1.165) is 23.1 Å². The largest absolute Gasteiger partial charge is 0.383 e. The molecule has 19 heavy (non-hydrogen) atoms. The quantitative estimate of drug-likeness (QED) is 0.810. The molecule has 2 unspecified atom stereocenters. The highest BCUT2D eigenvalue weighted by Gasteiger charge is 2.30. The van der Waals surface area contributed by atoms with Gasteiger partial charge in [0.2, 0.25) is 0 Å². The number of carbonyl (C=O) groups excluding carboxylic acids is 1. The topological polar surface area (TPSA) is 64.8 Å². The molecule has 0 aliphatic carbocycles. The maximum absolute atomic E-state index is 11.2. The molecule has 0 radical (unpaired) electrons. The van der Waals surface area contributed by atoms with Gasteiger partial charge in [0, 0.05) is 31.5 Å². The second-order valence-corrected chi connectivity index (χ2v) is 4.59. The Hall–Kier alpha value is -1.43. The molecule has 0 aromatic heterocycles. The van der Waals surface area contributed by atoms with Crippen LogP contribution in [0.3, 0.4) is 0 Å². The molecule has 1 aromatic carbocycles. The molecule has 0 fully saturated rings. The van der Waals surface area contributed by atoms with Crippen LogP contribution in [0.2, 0.25) is 0 Å². The average Bonchev–Trinajstić information content (AvgIpc) is 2.45. The Bertz CT molecular complexity index is 450. The number of anilines is 1. The first-order valence-corrected chi connectivity index (χ1v) is 6.40. The summed E-state index contributed by atoms with van der Waals surface area (Å²) in [5.74, 6) is 0. The minimum absolute atomic E-state index is 0.115. The van der Waals surface area contributed by atoms with Gasteiger partial charge in [-0.1, -0.05) is 6.07 Å². The summed E-state index contributed by atoms with van der Waals surface area (Å²) in [4.78, 5) is 13.1. The second-order valence-electron chi connectivity index (χ2n) is 4.59. The van der Waals surface area contributed by atoms with Crippen molar-refractivity contribution in [2.24, 2.45) is 5.73 Å². The maximum Gasteiger partial charge on any atom is 0.187 e. The van der Waals surface area contributed by atoms with Gasteiger partial charge in [-0.05, 0) is 24.6 Å².